The second kappa shape index (κ2) is 7.00. The molecule has 2 atom stereocenters. The highest BCUT2D eigenvalue weighted by atomic mass is 32.2. The number of methoxy groups -OCH3 is 1. The van der Waals surface area contributed by atoms with Gasteiger partial charge in [-0.1, -0.05) is 20.8 Å². The number of aromatic nitrogens is 2. The lowest BCUT2D eigenvalue weighted by atomic mass is 10.0. The molecule has 7 heteroatoms. The van der Waals surface area contributed by atoms with Crippen LogP contribution in [0.25, 0.3) is 0 Å². The van der Waals surface area contributed by atoms with Gasteiger partial charge in [0.25, 0.3) is 0 Å². The molecule has 0 N–H and O–H groups in total. The van der Waals surface area contributed by atoms with Crippen molar-refractivity contribution in [1.29, 1.82) is 0 Å². The van der Waals surface area contributed by atoms with Crippen LogP contribution in [0.4, 0.5) is 0 Å². The van der Waals surface area contributed by atoms with Crippen LogP contribution in [0.15, 0.2) is 11.4 Å². The number of nitrogens with zero attached hydrogens (tertiary/aromatic N) is 3. The first kappa shape index (κ1) is 18.9. The summed E-state index contributed by atoms with van der Waals surface area (Å²) in [5.74, 6) is 0.919. The molecule has 2 heterocycles. The zero-order valence-electron chi connectivity index (χ0n) is 15.9. The number of fused-ring (bicyclic) bond motifs is 2. The Labute approximate surface area is 151 Å². The van der Waals surface area contributed by atoms with Gasteiger partial charge >= 0.3 is 0 Å². The highest BCUT2D eigenvalue weighted by Gasteiger charge is 2.38. The smallest absolute Gasteiger partial charge is 0.227 e. The zero-order valence-corrected chi connectivity index (χ0v) is 16.7. The number of sulfone groups is 1. The van der Waals surface area contributed by atoms with Crippen molar-refractivity contribution in [2.24, 2.45) is 11.3 Å². The Kier molecular flexibility index (Phi) is 5.28. The van der Waals surface area contributed by atoms with Crippen molar-refractivity contribution >= 4 is 9.84 Å². The molecule has 0 aromatic carbocycles. The van der Waals surface area contributed by atoms with Crippen LogP contribution in [0, 0.1) is 11.3 Å². The fraction of sp³-hybridized carbons (Fsp3) is 0.833. The second-order valence-corrected chi connectivity index (χ2v) is 10.6. The summed E-state index contributed by atoms with van der Waals surface area (Å²) in [6, 6.07) is 0.658. The number of hydrogen-bond donors (Lipinski definition) is 0. The predicted octanol–water partition coefficient (Wildman–Crippen LogP) is 2.33. The monoisotopic (exact) mass is 369 g/mol. The van der Waals surface area contributed by atoms with E-state index in [-0.39, 0.29) is 16.3 Å². The van der Waals surface area contributed by atoms with Crippen molar-refractivity contribution in [3.63, 3.8) is 0 Å². The lowest BCUT2D eigenvalue weighted by Crippen LogP contribution is -2.32. The molecule has 0 radical (unpaired) electrons. The third-order valence-electron chi connectivity index (χ3n) is 5.21. The number of ether oxygens (including phenoxy) is 1. The standard InChI is InChI=1S/C18H31N3O3S/c1-18(2,3)13-25(22,23)17-19-10-16(21(17)7-8-24-4)12-20-11-14-5-6-15(20)9-14/h10,14-15H,5-9,11-13H2,1-4H3/t14-,15-/m0/s1. The molecule has 1 aliphatic carbocycles. The van der Waals surface area contributed by atoms with E-state index in [4.69, 9.17) is 4.74 Å². The van der Waals surface area contributed by atoms with E-state index in [1.165, 1.54) is 19.3 Å². The summed E-state index contributed by atoms with van der Waals surface area (Å²) in [5.41, 5.74) is 0.683. The number of likely N-dealkylation sites (tertiary alicyclic amines) is 1. The first-order chi connectivity index (χ1) is 11.7. The number of rotatable bonds is 7. The van der Waals surface area contributed by atoms with Gasteiger partial charge in [0.05, 0.1) is 24.3 Å². The fourth-order valence-corrected chi connectivity index (χ4v) is 6.28. The van der Waals surface area contributed by atoms with Crippen LogP contribution in [0.2, 0.25) is 0 Å². The minimum absolute atomic E-state index is 0.0951. The molecule has 2 aliphatic rings. The lowest BCUT2D eigenvalue weighted by Gasteiger charge is -2.27. The molecular formula is C18H31N3O3S. The zero-order chi connectivity index (χ0) is 18.2. The van der Waals surface area contributed by atoms with Gasteiger partial charge in [-0.3, -0.25) is 4.90 Å². The highest BCUT2D eigenvalue weighted by molar-refractivity contribution is 7.91. The molecular weight excluding hydrogens is 338 g/mol. The summed E-state index contributed by atoms with van der Waals surface area (Å²) in [4.78, 5) is 6.82. The highest BCUT2D eigenvalue weighted by Crippen LogP contribution is 2.38. The van der Waals surface area contributed by atoms with Crippen molar-refractivity contribution in [2.75, 3.05) is 26.0 Å². The van der Waals surface area contributed by atoms with Crippen LogP contribution in [0.3, 0.4) is 0 Å². The van der Waals surface area contributed by atoms with Crippen LogP contribution in [0.1, 0.15) is 45.7 Å². The predicted molar refractivity (Wildman–Crippen MR) is 97.1 cm³/mol. The van der Waals surface area contributed by atoms with E-state index in [1.807, 2.05) is 25.3 Å². The van der Waals surface area contributed by atoms with Gasteiger partial charge in [0.2, 0.25) is 15.0 Å². The molecule has 1 aromatic heterocycles. The Morgan fingerprint density at radius 1 is 1.32 bits per heavy atom. The molecule has 6 nitrogen and oxygen atoms in total. The van der Waals surface area contributed by atoms with Gasteiger partial charge in [0, 0.05) is 32.8 Å². The third-order valence-corrected chi connectivity index (χ3v) is 7.34. The van der Waals surface area contributed by atoms with Gasteiger partial charge in [-0.25, -0.2) is 13.4 Å². The lowest BCUT2D eigenvalue weighted by molar-refractivity contribution is 0.175. The maximum Gasteiger partial charge on any atom is 0.227 e. The van der Waals surface area contributed by atoms with Crippen LogP contribution >= 0.6 is 0 Å². The summed E-state index contributed by atoms with van der Waals surface area (Å²) in [6.45, 7) is 8.73. The number of hydrogen-bond acceptors (Lipinski definition) is 5. The Balaban J connectivity index is 1.85. The van der Waals surface area contributed by atoms with Crippen molar-refractivity contribution in [2.45, 2.75) is 64.3 Å². The minimum Gasteiger partial charge on any atom is -0.383 e. The molecule has 1 aliphatic heterocycles. The van der Waals surface area contributed by atoms with Crippen LogP contribution in [-0.2, 0) is 27.7 Å². The Morgan fingerprint density at radius 2 is 2.08 bits per heavy atom. The fourth-order valence-electron chi connectivity index (χ4n) is 4.25. The molecule has 142 valence electrons. The molecule has 25 heavy (non-hydrogen) atoms. The molecule has 1 aromatic rings. The van der Waals surface area contributed by atoms with Gasteiger partial charge < -0.3 is 9.30 Å². The molecule has 0 unspecified atom stereocenters. The number of imidazole rings is 1. The normalized spacial score (nSPS) is 24.3. The maximum absolute atomic E-state index is 12.9. The first-order valence-corrected chi connectivity index (χ1v) is 10.8. The molecule has 2 bridgehead atoms. The summed E-state index contributed by atoms with van der Waals surface area (Å²) in [6.07, 6.45) is 5.65. The summed E-state index contributed by atoms with van der Waals surface area (Å²) in [5, 5.41) is 0.193. The SMILES string of the molecule is COCCn1c(CN2C[C@H]3CC[C@H]2C3)cnc1S(=O)(=O)CC(C)(C)C. The Bertz CT molecular complexity index is 706. The van der Waals surface area contributed by atoms with E-state index >= 15 is 0 Å². The Hall–Kier alpha value is -0.920. The average Bonchev–Trinajstić information content (AvgIpc) is 3.18. The van der Waals surface area contributed by atoms with E-state index in [1.54, 1.807) is 13.3 Å². The Morgan fingerprint density at radius 3 is 2.64 bits per heavy atom. The largest absolute Gasteiger partial charge is 0.383 e. The molecule has 2 fully saturated rings. The molecule has 0 spiro atoms. The molecule has 1 saturated carbocycles. The van der Waals surface area contributed by atoms with Crippen molar-refractivity contribution < 1.29 is 13.2 Å². The maximum atomic E-state index is 12.9. The minimum atomic E-state index is -3.42. The molecule has 1 saturated heterocycles. The van der Waals surface area contributed by atoms with Gasteiger partial charge in [-0.2, -0.15) is 0 Å². The summed E-state index contributed by atoms with van der Waals surface area (Å²) in [7, 11) is -1.79. The van der Waals surface area contributed by atoms with Gasteiger partial charge in [0.15, 0.2) is 0 Å². The summed E-state index contributed by atoms with van der Waals surface area (Å²) < 4.78 is 32.8. The third kappa shape index (κ3) is 4.26. The van der Waals surface area contributed by atoms with E-state index < -0.39 is 9.84 Å². The van der Waals surface area contributed by atoms with Crippen molar-refractivity contribution in [3.05, 3.63) is 11.9 Å². The second-order valence-electron chi connectivity index (χ2n) is 8.76. The van der Waals surface area contributed by atoms with Crippen LogP contribution in [0.5, 0.6) is 0 Å². The quantitative estimate of drug-likeness (QED) is 0.738. The van der Waals surface area contributed by atoms with Gasteiger partial charge in [0.1, 0.15) is 0 Å². The van der Waals surface area contributed by atoms with Crippen molar-refractivity contribution in [1.82, 2.24) is 14.5 Å². The van der Waals surface area contributed by atoms with E-state index in [0.29, 0.717) is 19.2 Å². The molecule has 0 amide bonds. The first-order valence-electron chi connectivity index (χ1n) is 9.20. The van der Waals surface area contributed by atoms with Crippen LogP contribution in [-0.4, -0.2) is 54.9 Å². The van der Waals surface area contributed by atoms with Gasteiger partial charge in [-0.05, 0) is 30.6 Å². The average molecular weight is 370 g/mol. The van der Waals surface area contributed by atoms with Gasteiger partial charge in [-0.15, -0.1) is 0 Å². The van der Waals surface area contributed by atoms with E-state index in [9.17, 15) is 8.42 Å². The number of piperidine rings is 1. The van der Waals surface area contributed by atoms with E-state index in [0.717, 1.165) is 24.7 Å². The van der Waals surface area contributed by atoms with E-state index in [2.05, 4.69) is 9.88 Å². The summed E-state index contributed by atoms with van der Waals surface area (Å²) >= 11 is 0. The van der Waals surface area contributed by atoms with Crippen molar-refractivity contribution in [3.8, 4) is 0 Å². The van der Waals surface area contributed by atoms with Crippen LogP contribution < -0.4 is 0 Å². The molecule has 3 rings (SSSR count). The topological polar surface area (TPSA) is 64.4 Å².